The molecule has 0 saturated carbocycles. The molecule has 3 aromatic rings. The molecule has 1 aliphatic heterocycles. The molecule has 8 nitrogen and oxygen atoms in total. The maximum absolute atomic E-state index is 13.5. The van der Waals surface area contributed by atoms with Gasteiger partial charge in [0, 0.05) is 32.6 Å². The summed E-state index contributed by atoms with van der Waals surface area (Å²) in [5.41, 5.74) is 2.45. The first kappa shape index (κ1) is 20.6. The third kappa shape index (κ3) is 3.90. The van der Waals surface area contributed by atoms with Crippen molar-refractivity contribution >= 4 is 17.0 Å². The molecule has 1 aromatic carbocycles. The largest absolute Gasteiger partial charge is 0.352 e. The predicted molar refractivity (Wildman–Crippen MR) is 120 cm³/mol. The first-order valence-corrected chi connectivity index (χ1v) is 10.5. The maximum Gasteiger partial charge on any atom is 0.331 e. The van der Waals surface area contributed by atoms with Gasteiger partial charge in [0.25, 0.3) is 0 Å². The topological polar surface area (TPSA) is 91.8 Å². The highest BCUT2D eigenvalue weighted by molar-refractivity contribution is 5.85. The normalized spacial score (nSPS) is 13.6. The highest BCUT2D eigenvalue weighted by Crippen LogP contribution is 2.25. The van der Waals surface area contributed by atoms with E-state index in [0.717, 1.165) is 37.6 Å². The quantitative estimate of drug-likeness (QED) is 0.635. The van der Waals surface area contributed by atoms with E-state index in [1.165, 1.54) is 0 Å². The number of aromatic nitrogens is 4. The van der Waals surface area contributed by atoms with Gasteiger partial charge in [0.15, 0.2) is 11.5 Å². The summed E-state index contributed by atoms with van der Waals surface area (Å²) < 4.78 is 3.31. The maximum atomic E-state index is 13.5. The summed E-state index contributed by atoms with van der Waals surface area (Å²) in [4.78, 5) is 25.3. The zero-order valence-corrected chi connectivity index (χ0v) is 17.9. The van der Waals surface area contributed by atoms with E-state index in [-0.39, 0.29) is 18.8 Å². The molecule has 2 aromatic heterocycles. The zero-order valence-electron chi connectivity index (χ0n) is 17.9. The average molecular weight is 416 g/mol. The molecule has 4 rings (SSSR count). The second-order valence-electron chi connectivity index (χ2n) is 7.38. The molecule has 0 amide bonds. The van der Waals surface area contributed by atoms with Crippen molar-refractivity contribution < 1.29 is 0 Å². The van der Waals surface area contributed by atoms with E-state index in [0.29, 0.717) is 29.0 Å². The van der Waals surface area contributed by atoms with E-state index < -0.39 is 0 Å². The Hall–Kier alpha value is -3.62. The molecular formula is C23H25N7O. The molecule has 31 heavy (non-hydrogen) atoms. The molecule has 0 bridgehead atoms. The monoisotopic (exact) mass is 415 g/mol. The number of benzene rings is 1. The molecule has 158 valence electrons. The molecule has 8 heteroatoms. The summed E-state index contributed by atoms with van der Waals surface area (Å²) in [5, 5.41) is 12.9. The molecule has 3 heterocycles. The van der Waals surface area contributed by atoms with Crippen LogP contribution in [0.4, 0.5) is 5.82 Å². The predicted octanol–water partition coefficient (Wildman–Crippen LogP) is 1.51. The van der Waals surface area contributed by atoms with Crippen LogP contribution in [0.25, 0.3) is 11.2 Å². The highest BCUT2D eigenvalue weighted by Gasteiger charge is 2.24. The summed E-state index contributed by atoms with van der Waals surface area (Å²) in [5.74, 6) is 7.38. The molecule has 0 spiro atoms. The second-order valence-corrected chi connectivity index (χ2v) is 7.38. The van der Waals surface area contributed by atoms with E-state index in [9.17, 15) is 10.1 Å². The third-order valence-corrected chi connectivity index (χ3v) is 5.49. The van der Waals surface area contributed by atoms with Crippen molar-refractivity contribution in [1.82, 2.24) is 24.4 Å². The SMILES string of the molecule is CC#CCn1c(=O)n(Cc2ccccc2C#N)c2nc(CC)nc(N3CCNCC3)c21. The van der Waals surface area contributed by atoms with E-state index in [2.05, 4.69) is 28.1 Å². The Morgan fingerprint density at radius 3 is 2.65 bits per heavy atom. The Labute approximate surface area is 181 Å². The van der Waals surface area contributed by atoms with Gasteiger partial charge >= 0.3 is 5.69 Å². The Balaban J connectivity index is 1.97. The molecular weight excluding hydrogens is 390 g/mol. The number of nitrogens with zero attached hydrogens (tertiary/aromatic N) is 6. The van der Waals surface area contributed by atoms with Crippen molar-refractivity contribution in [2.45, 2.75) is 33.4 Å². The van der Waals surface area contributed by atoms with E-state index >= 15 is 0 Å². The van der Waals surface area contributed by atoms with Gasteiger partial charge in [-0.25, -0.2) is 14.8 Å². The van der Waals surface area contributed by atoms with Gasteiger partial charge in [-0.05, 0) is 18.6 Å². The van der Waals surface area contributed by atoms with Gasteiger partial charge in [-0.2, -0.15) is 5.26 Å². The number of nitriles is 1. The fourth-order valence-electron chi connectivity index (χ4n) is 3.88. The minimum Gasteiger partial charge on any atom is -0.352 e. The number of imidazole rings is 1. The van der Waals surface area contributed by atoms with Crippen LogP contribution in [0.3, 0.4) is 0 Å². The van der Waals surface area contributed by atoms with Crippen molar-refractivity contribution in [3.05, 3.63) is 51.7 Å². The number of rotatable bonds is 5. The van der Waals surface area contributed by atoms with Crippen LogP contribution >= 0.6 is 0 Å². The minimum atomic E-state index is -0.190. The molecule has 1 N–H and O–H groups in total. The van der Waals surface area contributed by atoms with Gasteiger partial charge in [0.05, 0.1) is 24.7 Å². The molecule has 0 unspecified atom stereocenters. The molecule has 1 aliphatic rings. The smallest absolute Gasteiger partial charge is 0.331 e. The van der Waals surface area contributed by atoms with Crippen molar-refractivity contribution in [2.24, 2.45) is 0 Å². The van der Waals surface area contributed by atoms with Crippen LogP contribution < -0.4 is 15.9 Å². The summed E-state index contributed by atoms with van der Waals surface area (Å²) >= 11 is 0. The third-order valence-electron chi connectivity index (χ3n) is 5.49. The van der Waals surface area contributed by atoms with Crippen LogP contribution in [-0.4, -0.2) is 45.3 Å². The Morgan fingerprint density at radius 1 is 1.16 bits per heavy atom. The average Bonchev–Trinajstić information content (AvgIpc) is 3.08. The lowest BCUT2D eigenvalue weighted by molar-refractivity contribution is 0.584. The van der Waals surface area contributed by atoms with Crippen LogP contribution in [-0.2, 0) is 19.5 Å². The standard InChI is InChI=1S/C23H25N7O/c1-3-5-12-29-20-21(28-13-10-25-11-14-28)26-19(4-2)27-22(20)30(23(29)31)16-18-9-7-6-8-17(18)15-24/h6-9,25H,4,10-14,16H2,1-2H3. The van der Waals surface area contributed by atoms with Gasteiger partial charge in [0.2, 0.25) is 0 Å². The lowest BCUT2D eigenvalue weighted by Crippen LogP contribution is -2.44. The van der Waals surface area contributed by atoms with Crippen LogP contribution in [0.5, 0.6) is 0 Å². The highest BCUT2D eigenvalue weighted by atomic mass is 16.1. The van der Waals surface area contributed by atoms with E-state index in [1.54, 1.807) is 22.1 Å². The van der Waals surface area contributed by atoms with Crippen molar-refractivity contribution in [1.29, 1.82) is 5.26 Å². The van der Waals surface area contributed by atoms with E-state index in [1.807, 2.05) is 25.1 Å². The van der Waals surface area contributed by atoms with Crippen LogP contribution in [0.15, 0.2) is 29.1 Å². The number of fused-ring (bicyclic) bond motifs is 1. The number of anilines is 1. The van der Waals surface area contributed by atoms with Crippen LogP contribution in [0.1, 0.15) is 30.8 Å². The van der Waals surface area contributed by atoms with Crippen molar-refractivity contribution in [2.75, 3.05) is 31.1 Å². The summed E-state index contributed by atoms with van der Waals surface area (Å²) in [6.45, 7) is 7.66. The second kappa shape index (κ2) is 9.03. The number of nitrogens with one attached hydrogen (secondary N) is 1. The lowest BCUT2D eigenvalue weighted by Gasteiger charge is -2.29. The van der Waals surface area contributed by atoms with Gasteiger partial charge in [-0.3, -0.25) is 9.13 Å². The molecule has 0 aliphatic carbocycles. The van der Waals surface area contributed by atoms with Crippen LogP contribution in [0.2, 0.25) is 0 Å². The molecule has 0 radical (unpaired) electrons. The number of piperazine rings is 1. The Kier molecular flexibility index (Phi) is 6.01. The van der Waals surface area contributed by atoms with Gasteiger partial charge < -0.3 is 10.2 Å². The number of aryl methyl sites for hydroxylation is 1. The Bertz CT molecular complexity index is 1260. The van der Waals surface area contributed by atoms with Gasteiger partial charge in [-0.1, -0.05) is 31.0 Å². The molecule has 1 saturated heterocycles. The Morgan fingerprint density at radius 2 is 1.94 bits per heavy atom. The summed E-state index contributed by atoms with van der Waals surface area (Å²) in [6.07, 6.45) is 0.665. The summed E-state index contributed by atoms with van der Waals surface area (Å²) in [7, 11) is 0. The summed E-state index contributed by atoms with van der Waals surface area (Å²) in [6, 6.07) is 9.56. The van der Waals surface area contributed by atoms with Crippen LogP contribution in [0, 0.1) is 23.2 Å². The zero-order chi connectivity index (χ0) is 21.8. The number of hydrogen-bond acceptors (Lipinski definition) is 6. The number of hydrogen-bond donors (Lipinski definition) is 1. The lowest BCUT2D eigenvalue weighted by atomic mass is 10.1. The first-order valence-electron chi connectivity index (χ1n) is 10.5. The van der Waals surface area contributed by atoms with Gasteiger partial charge in [0.1, 0.15) is 11.3 Å². The van der Waals surface area contributed by atoms with Crippen molar-refractivity contribution in [3.8, 4) is 17.9 Å². The molecule has 0 atom stereocenters. The minimum absolute atomic E-state index is 0.190. The van der Waals surface area contributed by atoms with E-state index in [4.69, 9.17) is 9.97 Å². The fourth-order valence-corrected chi connectivity index (χ4v) is 3.88. The van der Waals surface area contributed by atoms with Crippen molar-refractivity contribution in [3.63, 3.8) is 0 Å². The first-order chi connectivity index (χ1) is 15.2. The molecule has 1 fully saturated rings. The fraction of sp³-hybridized carbons (Fsp3) is 0.391. The van der Waals surface area contributed by atoms with Gasteiger partial charge in [-0.15, -0.1) is 5.92 Å².